The molecule has 0 atom stereocenters. The predicted octanol–water partition coefficient (Wildman–Crippen LogP) is 3.64. The fraction of sp³-hybridized carbons (Fsp3) is 0.200. The predicted molar refractivity (Wildman–Crippen MR) is 82.9 cm³/mol. The molecule has 0 saturated carbocycles. The number of nitrogens with zero attached hydrogens (tertiary/aromatic N) is 2. The van der Waals surface area contributed by atoms with Gasteiger partial charge in [-0.2, -0.15) is 0 Å². The van der Waals surface area contributed by atoms with E-state index < -0.39 is 0 Å². The number of nitrogens with two attached hydrogens (primary N) is 1. The van der Waals surface area contributed by atoms with E-state index in [9.17, 15) is 0 Å². The van der Waals surface area contributed by atoms with Gasteiger partial charge in [-0.25, -0.2) is 9.97 Å². The van der Waals surface area contributed by atoms with Crippen molar-refractivity contribution in [3.05, 3.63) is 42.2 Å². The van der Waals surface area contributed by atoms with Gasteiger partial charge in [0.25, 0.3) is 0 Å². The van der Waals surface area contributed by atoms with Crippen molar-refractivity contribution in [2.24, 2.45) is 0 Å². The third-order valence-corrected chi connectivity index (χ3v) is 3.82. The molecule has 3 N–H and O–H groups in total. The van der Waals surface area contributed by atoms with Crippen molar-refractivity contribution in [2.45, 2.75) is 29.8 Å². The first-order valence-corrected chi connectivity index (χ1v) is 7.45. The lowest BCUT2D eigenvalue weighted by Crippen LogP contribution is -2.00. The summed E-state index contributed by atoms with van der Waals surface area (Å²) in [7, 11) is 0. The van der Waals surface area contributed by atoms with E-state index in [0.29, 0.717) is 5.82 Å². The van der Waals surface area contributed by atoms with Gasteiger partial charge >= 0.3 is 0 Å². The van der Waals surface area contributed by atoms with Crippen LogP contribution in [0.3, 0.4) is 0 Å². The topological polar surface area (TPSA) is 67.6 Å². The van der Waals surface area contributed by atoms with Crippen LogP contribution in [0.15, 0.2) is 46.5 Å². The summed E-state index contributed by atoms with van der Waals surface area (Å²) in [6, 6.07) is 12.2. The molecule has 0 unspecified atom stereocenters. The van der Waals surface area contributed by atoms with Crippen LogP contribution in [0.4, 0.5) is 5.82 Å². The maximum Gasteiger partial charge on any atom is 0.132 e. The molecule has 0 spiro atoms. The number of hydrogen-bond acceptors (Lipinski definition) is 4. The molecule has 2 aromatic heterocycles. The summed E-state index contributed by atoms with van der Waals surface area (Å²) in [5.41, 5.74) is 6.97. The van der Waals surface area contributed by atoms with Crippen LogP contribution < -0.4 is 5.73 Å². The third-order valence-electron chi connectivity index (χ3n) is 2.96. The second-order valence-electron chi connectivity index (χ2n) is 4.62. The quantitative estimate of drug-likeness (QED) is 0.718. The minimum Gasteiger partial charge on any atom is -0.384 e. The zero-order valence-corrected chi connectivity index (χ0v) is 12.1. The SMILES string of the molecule is CCCc1nc(N)cc(Sc2cc3ccccc3[nH]2)n1. The molecule has 0 fully saturated rings. The van der Waals surface area contributed by atoms with Crippen molar-refractivity contribution >= 4 is 28.5 Å². The zero-order chi connectivity index (χ0) is 13.9. The Bertz CT molecular complexity index is 703. The highest BCUT2D eigenvalue weighted by atomic mass is 32.2. The molecule has 0 saturated heterocycles. The Balaban J connectivity index is 1.90. The van der Waals surface area contributed by atoms with E-state index >= 15 is 0 Å². The molecule has 5 heteroatoms. The molecular formula is C15H16N4S. The van der Waals surface area contributed by atoms with Crippen molar-refractivity contribution in [3.63, 3.8) is 0 Å². The van der Waals surface area contributed by atoms with Gasteiger partial charge in [0.05, 0.1) is 5.03 Å². The van der Waals surface area contributed by atoms with Gasteiger partial charge in [-0.15, -0.1) is 0 Å². The number of rotatable bonds is 4. The van der Waals surface area contributed by atoms with E-state index in [-0.39, 0.29) is 0 Å². The third kappa shape index (κ3) is 2.77. The number of para-hydroxylation sites is 1. The molecule has 4 nitrogen and oxygen atoms in total. The number of nitrogens with one attached hydrogen (secondary N) is 1. The molecule has 0 bridgehead atoms. The normalized spacial score (nSPS) is 11.1. The van der Waals surface area contributed by atoms with Gasteiger partial charge in [-0.05, 0) is 18.6 Å². The average molecular weight is 284 g/mol. The van der Waals surface area contributed by atoms with E-state index in [0.717, 1.165) is 34.2 Å². The monoisotopic (exact) mass is 284 g/mol. The Morgan fingerprint density at radius 1 is 1.20 bits per heavy atom. The minimum atomic E-state index is 0.530. The number of aryl methyl sites for hydroxylation is 1. The van der Waals surface area contributed by atoms with E-state index in [1.165, 1.54) is 5.39 Å². The number of aromatic amines is 1. The van der Waals surface area contributed by atoms with Crippen molar-refractivity contribution < 1.29 is 0 Å². The number of fused-ring (bicyclic) bond motifs is 1. The van der Waals surface area contributed by atoms with Crippen LogP contribution in [-0.2, 0) is 6.42 Å². The van der Waals surface area contributed by atoms with Gasteiger partial charge in [0.1, 0.15) is 16.7 Å². The molecule has 2 heterocycles. The summed E-state index contributed by atoms with van der Waals surface area (Å²) < 4.78 is 0. The van der Waals surface area contributed by atoms with Crippen LogP contribution in [0.25, 0.3) is 10.9 Å². The highest BCUT2D eigenvalue weighted by Crippen LogP contribution is 2.29. The average Bonchev–Trinajstić information content (AvgIpc) is 2.80. The molecule has 0 aliphatic heterocycles. The molecule has 3 rings (SSSR count). The van der Waals surface area contributed by atoms with Crippen molar-refractivity contribution in [3.8, 4) is 0 Å². The van der Waals surface area contributed by atoms with E-state index in [4.69, 9.17) is 5.73 Å². The Labute approximate surface area is 121 Å². The maximum absolute atomic E-state index is 5.84. The van der Waals surface area contributed by atoms with E-state index in [1.807, 2.05) is 18.2 Å². The van der Waals surface area contributed by atoms with Crippen LogP contribution >= 0.6 is 11.8 Å². The minimum absolute atomic E-state index is 0.530. The van der Waals surface area contributed by atoms with Crippen molar-refractivity contribution in [1.82, 2.24) is 15.0 Å². The Morgan fingerprint density at radius 2 is 2.05 bits per heavy atom. The van der Waals surface area contributed by atoms with Crippen LogP contribution in [0.5, 0.6) is 0 Å². The molecule has 0 amide bonds. The Morgan fingerprint density at radius 3 is 2.85 bits per heavy atom. The zero-order valence-electron chi connectivity index (χ0n) is 11.3. The molecule has 0 aliphatic carbocycles. The van der Waals surface area contributed by atoms with Crippen molar-refractivity contribution in [2.75, 3.05) is 5.73 Å². The summed E-state index contributed by atoms with van der Waals surface area (Å²) in [6.45, 7) is 2.11. The molecule has 0 radical (unpaired) electrons. The number of benzene rings is 1. The first-order valence-electron chi connectivity index (χ1n) is 6.63. The van der Waals surface area contributed by atoms with Gasteiger partial charge in [0.2, 0.25) is 0 Å². The molecule has 3 aromatic rings. The lowest BCUT2D eigenvalue weighted by Gasteiger charge is -2.03. The van der Waals surface area contributed by atoms with E-state index in [1.54, 1.807) is 11.8 Å². The van der Waals surface area contributed by atoms with Gasteiger partial charge < -0.3 is 10.7 Å². The fourth-order valence-electron chi connectivity index (χ4n) is 2.09. The first-order chi connectivity index (χ1) is 9.74. The first kappa shape index (κ1) is 13.0. The second-order valence-corrected chi connectivity index (χ2v) is 5.68. The van der Waals surface area contributed by atoms with E-state index in [2.05, 4.69) is 40.1 Å². The smallest absolute Gasteiger partial charge is 0.132 e. The van der Waals surface area contributed by atoms with Crippen LogP contribution in [0.2, 0.25) is 0 Å². The van der Waals surface area contributed by atoms with Crippen LogP contribution in [0.1, 0.15) is 19.2 Å². The van der Waals surface area contributed by atoms with Gasteiger partial charge in [-0.3, -0.25) is 0 Å². The Kier molecular flexibility index (Phi) is 3.60. The van der Waals surface area contributed by atoms with Gasteiger partial charge in [0, 0.05) is 23.4 Å². The van der Waals surface area contributed by atoms with Crippen molar-refractivity contribution in [1.29, 1.82) is 0 Å². The number of hydrogen-bond donors (Lipinski definition) is 2. The summed E-state index contributed by atoms with van der Waals surface area (Å²) in [5, 5.41) is 3.14. The largest absolute Gasteiger partial charge is 0.384 e. The molecule has 102 valence electrons. The fourth-order valence-corrected chi connectivity index (χ4v) is 3.00. The number of H-pyrrole nitrogens is 1. The number of nitrogen functional groups attached to an aromatic ring is 1. The Hall–Kier alpha value is -2.01. The van der Waals surface area contributed by atoms with Crippen LogP contribution in [-0.4, -0.2) is 15.0 Å². The summed E-state index contributed by atoms with van der Waals surface area (Å²) in [5.74, 6) is 1.34. The summed E-state index contributed by atoms with van der Waals surface area (Å²) in [4.78, 5) is 12.2. The molecule has 20 heavy (non-hydrogen) atoms. The standard InChI is InChI=1S/C15H16N4S/c1-2-5-13-18-12(16)9-15(19-13)20-14-8-10-6-3-4-7-11(10)17-14/h3-4,6-9,17H,2,5H2,1H3,(H2,16,18,19). The summed E-state index contributed by atoms with van der Waals surface area (Å²) in [6.07, 6.45) is 1.87. The van der Waals surface area contributed by atoms with Gasteiger partial charge in [0.15, 0.2) is 0 Å². The second kappa shape index (κ2) is 5.54. The lowest BCUT2D eigenvalue weighted by atomic mass is 10.3. The highest BCUT2D eigenvalue weighted by Gasteiger charge is 2.06. The maximum atomic E-state index is 5.84. The van der Waals surface area contributed by atoms with Crippen LogP contribution in [0, 0.1) is 0 Å². The molecule has 0 aliphatic rings. The number of aromatic nitrogens is 3. The molecule has 1 aromatic carbocycles. The van der Waals surface area contributed by atoms with Gasteiger partial charge in [-0.1, -0.05) is 36.9 Å². The lowest BCUT2D eigenvalue weighted by molar-refractivity contribution is 0.813. The highest BCUT2D eigenvalue weighted by molar-refractivity contribution is 7.99. The molecular weight excluding hydrogens is 268 g/mol. The number of anilines is 1. The summed E-state index contributed by atoms with van der Waals surface area (Å²) >= 11 is 1.58.